The van der Waals surface area contributed by atoms with Gasteiger partial charge in [-0.25, -0.2) is 4.98 Å². The molecule has 0 fully saturated rings. The first kappa shape index (κ1) is 6.97. The highest BCUT2D eigenvalue weighted by atomic mass is 15.2. The second kappa shape index (κ2) is 2.73. The highest BCUT2D eigenvalue weighted by Crippen LogP contribution is 2.12. The summed E-state index contributed by atoms with van der Waals surface area (Å²) in [6.45, 7) is 0. The van der Waals surface area contributed by atoms with Crippen LogP contribution in [0.4, 0.5) is 0 Å². The normalized spacial score (nSPS) is 10.1. The molecule has 0 unspecified atom stereocenters. The van der Waals surface area contributed by atoms with E-state index in [1.165, 1.54) is 6.20 Å². The Kier molecular flexibility index (Phi) is 1.59. The first-order valence-corrected chi connectivity index (χ1v) is 3.53. The summed E-state index contributed by atoms with van der Waals surface area (Å²) in [5, 5.41) is 4.03. The van der Waals surface area contributed by atoms with Crippen molar-refractivity contribution < 1.29 is 0 Å². The molecule has 0 aliphatic heterocycles. The number of aromatic nitrogens is 4. The predicted octanol–water partition coefficient (Wildman–Crippen LogP) is 0.677. The van der Waals surface area contributed by atoms with Crippen LogP contribution in [-0.2, 0) is 7.05 Å². The Morgan fingerprint density at radius 2 is 2.33 bits per heavy atom. The molecule has 0 bridgehead atoms. The summed E-state index contributed by atoms with van der Waals surface area (Å²) in [7, 11) is 1.86. The number of hydrogen-bond acceptors (Lipinski definition) is 3. The summed E-state index contributed by atoms with van der Waals surface area (Å²) < 4.78 is 1.73. The Morgan fingerprint density at radius 1 is 1.42 bits per heavy atom. The molecule has 0 saturated carbocycles. The molecular formula is C8H7N4. The maximum atomic E-state index is 4.03. The SMILES string of the molecule is Cn1cc(-c2cnc[c]n2)cn1. The lowest BCUT2D eigenvalue weighted by Crippen LogP contribution is -1.85. The van der Waals surface area contributed by atoms with Gasteiger partial charge in [0, 0.05) is 18.8 Å². The van der Waals surface area contributed by atoms with Crippen LogP contribution in [-0.4, -0.2) is 19.7 Å². The van der Waals surface area contributed by atoms with Gasteiger partial charge in [0.25, 0.3) is 0 Å². The number of nitrogens with zero attached hydrogens (tertiary/aromatic N) is 4. The molecule has 0 atom stereocenters. The van der Waals surface area contributed by atoms with Gasteiger partial charge in [-0.3, -0.25) is 9.67 Å². The van der Waals surface area contributed by atoms with Crippen molar-refractivity contribution in [1.29, 1.82) is 0 Å². The van der Waals surface area contributed by atoms with Crippen molar-refractivity contribution in [1.82, 2.24) is 19.7 Å². The molecule has 0 spiro atoms. The van der Waals surface area contributed by atoms with Gasteiger partial charge in [0.1, 0.15) is 6.20 Å². The number of hydrogen-bond donors (Lipinski definition) is 0. The minimum atomic E-state index is 0.797. The minimum absolute atomic E-state index is 0.797. The molecule has 0 saturated heterocycles. The molecule has 0 N–H and O–H groups in total. The van der Waals surface area contributed by atoms with E-state index in [-0.39, 0.29) is 0 Å². The smallest absolute Gasteiger partial charge is 0.109 e. The van der Waals surface area contributed by atoms with E-state index in [1.54, 1.807) is 17.1 Å². The zero-order valence-electron chi connectivity index (χ0n) is 6.60. The average Bonchev–Trinajstić information content (AvgIpc) is 2.54. The van der Waals surface area contributed by atoms with Crippen molar-refractivity contribution in [2.45, 2.75) is 0 Å². The van der Waals surface area contributed by atoms with Crippen LogP contribution < -0.4 is 0 Å². The van der Waals surface area contributed by atoms with Gasteiger partial charge in [0.05, 0.1) is 24.3 Å². The molecular weight excluding hydrogens is 152 g/mol. The maximum Gasteiger partial charge on any atom is 0.109 e. The van der Waals surface area contributed by atoms with Crippen LogP contribution in [0.5, 0.6) is 0 Å². The van der Waals surface area contributed by atoms with Crippen molar-refractivity contribution in [2.24, 2.45) is 7.05 Å². The van der Waals surface area contributed by atoms with Crippen LogP contribution >= 0.6 is 0 Å². The third-order valence-corrected chi connectivity index (χ3v) is 1.51. The Bertz CT molecular complexity index is 366. The maximum absolute atomic E-state index is 4.03. The molecule has 0 amide bonds. The third-order valence-electron chi connectivity index (χ3n) is 1.51. The van der Waals surface area contributed by atoms with Gasteiger partial charge in [0.15, 0.2) is 0 Å². The van der Waals surface area contributed by atoms with E-state index in [0.717, 1.165) is 11.3 Å². The fourth-order valence-corrected chi connectivity index (χ4v) is 0.961. The van der Waals surface area contributed by atoms with Crippen molar-refractivity contribution in [2.75, 3.05) is 0 Å². The van der Waals surface area contributed by atoms with Crippen molar-refractivity contribution in [3.63, 3.8) is 0 Å². The van der Waals surface area contributed by atoms with E-state index < -0.39 is 0 Å². The second-order valence-electron chi connectivity index (χ2n) is 2.44. The molecule has 59 valence electrons. The Hall–Kier alpha value is -1.71. The summed E-state index contributed by atoms with van der Waals surface area (Å²) in [4.78, 5) is 7.94. The largest absolute Gasteiger partial charge is 0.275 e. The minimum Gasteiger partial charge on any atom is -0.275 e. The van der Waals surface area contributed by atoms with Gasteiger partial charge in [-0.1, -0.05) is 0 Å². The lowest BCUT2D eigenvalue weighted by atomic mass is 10.3. The fraction of sp³-hybridized carbons (Fsp3) is 0.125. The van der Waals surface area contributed by atoms with Crippen molar-refractivity contribution in [3.05, 3.63) is 31.0 Å². The predicted molar refractivity (Wildman–Crippen MR) is 43.1 cm³/mol. The van der Waals surface area contributed by atoms with Gasteiger partial charge < -0.3 is 0 Å². The number of rotatable bonds is 1. The van der Waals surface area contributed by atoms with Crippen LogP contribution in [0.3, 0.4) is 0 Å². The molecule has 0 aromatic carbocycles. The zero-order valence-corrected chi connectivity index (χ0v) is 6.60. The summed E-state index contributed by atoms with van der Waals surface area (Å²) in [5.41, 5.74) is 1.76. The Labute approximate surface area is 69.9 Å². The van der Waals surface area contributed by atoms with Crippen LogP contribution in [0.15, 0.2) is 24.8 Å². The van der Waals surface area contributed by atoms with Gasteiger partial charge in [-0.05, 0) is 0 Å². The molecule has 2 heterocycles. The van der Waals surface area contributed by atoms with E-state index in [1.807, 2.05) is 13.2 Å². The van der Waals surface area contributed by atoms with Gasteiger partial charge in [-0.2, -0.15) is 5.10 Å². The second-order valence-corrected chi connectivity index (χ2v) is 2.44. The molecule has 2 aromatic rings. The van der Waals surface area contributed by atoms with E-state index in [9.17, 15) is 0 Å². The molecule has 4 heteroatoms. The molecule has 0 aliphatic carbocycles. The molecule has 4 nitrogen and oxygen atoms in total. The standard InChI is InChI=1S/C8H7N4/c1-12-6-7(4-11-12)8-5-9-2-3-10-8/h2,4-6H,1H3. The lowest BCUT2D eigenvalue weighted by molar-refractivity contribution is 0.768. The zero-order chi connectivity index (χ0) is 8.39. The molecule has 12 heavy (non-hydrogen) atoms. The fourth-order valence-electron chi connectivity index (χ4n) is 0.961. The van der Waals surface area contributed by atoms with Crippen LogP contribution in [0.25, 0.3) is 11.3 Å². The van der Waals surface area contributed by atoms with Crippen LogP contribution in [0.1, 0.15) is 0 Å². The highest BCUT2D eigenvalue weighted by Gasteiger charge is 1.99. The average molecular weight is 159 g/mol. The van der Waals surface area contributed by atoms with E-state index >= 15 is 0 Å². The van der Waals surface area contributed by atoms with E-state index in [4.69, 9.17) is 0 Å². The van der Waals surface area contributed by atoms with Crippen LogP contribution in [0, 0.1) is 6.20 Å². The monoisotopic (exact) mass is 159 g/mol. The van der Waals surface area contributed by atoms with E-state index in [0.29, 0.717) is 0 Å². The van der Waals surface area contributed by atoms with E-state index in [2.05, 4.69) is 21.3 Å². The third kappa shape index (κ3) is 1.18. The van der Waals surface area contributed by atoms with Crippen LogP contribution in [0.2, 0.25) is 0 Å². The first-order valence-electron chi connectivity index (χ1n) is 3.53. The topological polar surface area (TPSA) is 43.6 Å². The molecule has 2 rings (SSSR count). The lowest BCUT2D eigenvalue weighted by Gasteiger charge is -1.90. The Morgan fingerprint density at radius 3 is 2.92 bits per heavy atom. The van der Waals surface area contributed by atoms with Gasteiger partial charge in [-0.15, -0.1) is 0 Å². The summed E-state index contributed by atoms with van der Waals surface area (Å²) >= 11 is 0. The summed E-state index contributed by atoms with van der Waals surface area (Å²) in [6.07, 6.45) is 9.52. The molecule has 1 radical (unpaired) electrons. The van der Waals surface area contributed by atoms with Gasteiger partial charge >= 0.3 is 0 Å². The molecule has 2 aromatic heterocycles. The van der Waals surface area contributed by atoms with Crippen molar-refractivity contribution in [3.8, 4) is 11.3 Å². The van der Waals surface area contributed by atoms with Crippen molar-refractivity contribution >= 4 is 0 Å². The Balaban J connectivity index is 2.45. The highest BCUT2D eigenvalue weighted by molar-refractivity contribution is 5.54. The van der Waals surface area contributed by atoms with Gasteiger partial charge in [0.2, 0.25) is 0 Å². The quantitative estimate of drug-likeness (QED) is 0.614. The molecule has 0 aliphatic rings. The number of aryl methyl sites for hydroxylation is 1. The summed E-state index contributed by atoms with van der Waals surface area (Å²) in [6, 6.07) is 0. The first-order chi connectivity index (χ1) is 5.86. The summed E-state index contributed by atoms with van der Waals surface area (Å²) in [5.74, 6) is 0.